The Bertz CT molecular complexity index is 136. The van der Waals surface area contributed by atoms with E-state index in [9.17, 15) is 4.57 Å². The Morgan fingerprint density at radius 1 is 1.25 bits per heavy atom. The molecule has 0 unspecified atom stereocenters. The third-order valence-electron chi connectivity index (χ3n) is 1.26. The average molecular weight is 241 g/mol. The molecule has 0 atom stereocenters. The minimum Gasteiger partial charge on any atom is -0.303 e. The maximum Gasteiger partial charge on any atom is 0.469 e. The Balaban J connectivity index is 0. The molecule has 0 aromatic heterocycles. The minimum atomic E-state index is -4.21. The second-order valence-corrected chi connectivity index (χ2v) is 3.62. The van der Waals surface area contributed by atoms with Crippen LogP contribution in [0.15, 0.2) is 0 Å². The van der Waals surface area contributed by atoms with E-state index < -0.39 is 7.82 Å². The zero-order chi connectivity index (χ0) is 8.74. The molecule has 0 fully saturated rings. The van der Waals surface area contributed by atoms with Crippen molar-refractivity contribution in [1.82, 2.24) is 0 Å². The summed E-state index contributed by atoms with van der Waals surface area (Å²) in [5, 5.41) is 0. The molecule has 0 heterocycles. The molecule has 0 saturated carbocycles. The predicted octanol–water partition coefficient (Wildman–Crippen LogP) is 1.67. The Kier molecular flexibility index (Phi) is 10.3. The molecular weight excluding hydrogens is 226 g/mol. The first-order valence-corrected chi connectivity index (χ1v) is 5.29. The van der Waals surface area contributed by atoms with E-state index in [1.165, 1.54) is 0 Å². The molecule has 0 saturated heterocycles. The molecule has 0 aliphatic carbocycles. The van der Waals surface area contributed by atoms with Gasteiger partial charge in [-0.1, -0.05) is 26.2 Å². The van der Waals surface area contributed by atoms with Crippen molar-refractivity contribution in [2.45, 2.75) is 32.6 Å². The number of hydrogen-bond donors (Lipinski definition) is 2. The van der Waals surface area contributed by atoms with Crippen LogP contribution in [0.25, 0.3) is 0 Å². The summed E-state index contributed by atoms with van der Waals surface area (Å²) in [7, 11) is -4.21. The summed E-state index contributed by atoms with van der Waals surface area (Å²) in [4.78, 5) is 16.5. The molecule has 78 valence electrons. The van der Waals surface area contributed by atoms with Crippen LogP contribution >= 0.6 is 7.82 Å². The van der Waals surface area contributed by atoms with Gasteiger partial charge in [-0.2, -0.15) is 0 Å². The van der Waals surface area contributed by atoms with Crippen molar-refractivity contribution in [3.05, 3.63) is 0 Å². The number of phosphoric acid groups is 1. The topological polar surface area (TPSA) is 66.8 Å². The van der Waals surface area contributed by atoms with Gasteiger partial charge < -0.3 is 9.79 Å². The fourth-order valence-corrected chi connectivity index (χ4v) is 1.08. The van der Waals surface area contributed by atoms with E-state index in [-0.39, 0.29) is 23.1 Å². The van der Waals surface area contributed by atoms with Crippen LogP contribution in [0, 0.1) is 0 Å². The van der Waals surface area contributed by atoms with Crippen molar-refractivity contribution in [3.8, 4) is 0 Å². The first-order valence-electron chi connectivity index (χ1n) is 3.76. The molecule has 0 aliphatic heterocycles. The van der Waals surface area contributed by atoms with Crippen LogP contribution in [-0.4, -0.2) is 16.4 Å². The summed E-state index contributed by atoms with van der Waals surface area (Å²) in [5.41, 5.74) is 0. The summed E-state index contributed by atoms with van der Waals surface area (Å²) in [6, 6.07) is 0. The Morgan fingerprint density at radius 3 is 2.25 bits per heavy atom. The van der Waals surface area contributed by atoms with Gasteiger partial charge in [0.15, 0.2) is 0 Å². The van der Waals surface area contributed by atoms with E-state index in [1.54, 1.807) is 0 Å². The molecule has 0 aromatic carbocycles. The van der Waals surface area contributed by atoms with Crippen molar-refractivity contribution < 1.29 is 35.4 Å². The molecule has 4 nitrogen and oxygen atoms in total. The van der Waals surface area contributed by atoms with E-state index in [4.69, 9.17) is 9.79 Å². The molecule has 12 heavy (non-hydrogen) atoms. The minimum absolute atomic E-state index is 0. The van der Waals surface area contributed by atoms with Gasteiger partial charge in [0.2, 0.25) is 0 Å². The fraction of sp³-hybridized carbons (Fsp3) is 1.00. The van der Waals surface area contributed by atoms with Gasteiger partial charge in [0, 0.05) is 16.5 Å². The van der Waals surface area contributed by atoms with Crippen LogP contribution in [-0.2, 0) is 25.6 Å². The molecule has 0 bridgehead atoms. The summed E-state index contributed by atoms with van der Waals surface area (Å²) in [6.07, 6.45) is 3.88. The van der Waals surface area contributed by atoms with Gasteiger partial charge in [-0.3, -0.25) is 4.52 Å². The monoisotopic (exact) mass is 240 g/mol. The van der Waals surface area contributed by atoms with Crippen molar-refractivity contribution >= 4 is 7.82 Å². The van der Waals surface area contributed by atoms with Crippen LogP contribution in [0.4, 0.5) is 0 Å². The summed E-state index contributed by atoms with van der Waals surface area (Å²) >= 11 is 0. The molecule has 2 N–H and O–H groups in total. The number of hydrogen-bond acceptors (Lipinski definition) is 2. The summed E-state index contributed by atoms with van der Waals surface area (Å²) in [5.74, 6) is 0. The van der Waals surface area contributed by atoms with Gasteiger partial charge in [0.05, 0.1) is 6.61 Å². The van der Waals surface area contributed by atoms with Gasteiger partial charge in [0.1, 0.15) is 0 Å². The van der Waals surface area contributed by atoms with Crippen LogP contribution in [0.2, 0.25) is 0 Å². The smallest absolute Gasteiger partial charge is 0.303 e. The Morgan fingerprint density at radius 2 is 1.83 bits per heavy atom. The maximum atomic E-state index is 10.1. The van der Waals surface area contributed by atoms with Crippen molar-refractivity contribution in [3.63, 3.8) is 0 Å². The largest absolute Gasteiger partial charge is 0.469 e. The van der Waals surface area contributed by atoms with Gasteiger partial charge in [-0.15, -0.1) is 0 Å². The van der Waals surface area contributed by atoms with Crippen molar-refractivity contribution in [1.29, 1.82) is 0 Å². The zero-order valence-corrected chi connectivity index (χ0v) is 8.89. The second kappa shape index (κ2) is 8.21. The summed E-state index contributed by atoms with van der Waals surface area (Å²) in [6.45, 7) is 2.23. The average Bonchev–Trinajstić information content (AvgIpc) is 1.85. The van der Waals surface area contributed by atoms with E-state index >= 15 is 0 Å². The normalized spacial score (nSPS) is 10.9. The van der Waals surface area contributed by atoms with E-state index in [0.29, 0.717) is 0 Å². The predicted molar refractivity (Wildman–Crippen MR) is 42.1 cm³/mol. The first kappa shape index (κ1) is 15.1. The molecule has 0 radical (unpaired) electrons. The van der Waals surface area contributed by atoms with Crippen LogP contribution in [0.1, 0.15) is 32.6 Å². The van der Waals surface area contributed by atoms with Crippen LogP contribution < -0.4 is 0 Å². The van der Waals surface area contributed by atoms with Crippen molar-refractivity contribution in [2.75, 3.05) is 6.61 Å². The quantitative estimate of drug-likeness (QED) is 0.421. The number of unbranched alkanes of at least 4 members (excludes halogenated alkanes) is 3. The Hall–Kier alpha value is 0.604. The van der Waals surface area contributed by atoms with E-state index in [0.717, 1.165) is 25.7 Å². The van der Waals surface area contributed by atoms with Gasteiger partial charge in [0.25, 0.3) is 0 Å². The molecule has 0 aromatic rings. The Labute approximate surface area is 82.9 Å². The summed E-state index contributed by atoms with van der Waals surface area (Å²) < 4.78 is 14.4. The van der Waals surface area contributed by atoms with E-state index in [2.05, 4.69) is 11.4 Å². The SMILES string of the molecule is CCCCCCOP(=O)(O)O.[Ni]. The molecule has 0 spiro atoms. The van der Waals surface area contributed by atoms with Gasteiger partial charge in [-0.05, 0) is 6.42 Å². The van der Waals surface area contributed by atoms with E-state index in [1.807, 2.05) is 0 Å². The first-order chi connectivity index (χ1) is 5.06. The number of phosphoric ester groups is 1. The van der Waals surface area contributed by atoms with Crippen LogP contribution in [0.5, 0.6) is 0 Å². The third-order valence-corrected chi connectivity index (χ3v) is 1.78. The molecular formula is C6H15NiO4P. The van der Waals surface area contributed by atoms with Gasteiger partial charge >= 0.3 is 7.82 Å². The molecule has 0 rings (SSSR count). The maximum absolute atomic E-state index is 10.1. The molecule has 0 amide bonds. The molecule has 0 aliphatic rings. The second-order valence-electron chi connectivity index (χ2n) is 2.38. The molecule has 6 heteroatoms. The zero-order valence-electron chi connectivity index (χ0n) is 7.01. The van der Waals surface area contributed by atoms with Gasteiger partial charge in [-0.25, -0.2) is 4.57 Å². The fourth-order valence-electron chi connectivity index (χ4n) is 0.712. The van der Waals surface area contributed by atoms with Crippen LogP contribution in [0.3, 0.4) is 0 Å². The third kappa shape index (κ3) is 13.2. The number of rotatable bonds is 6. The van der Waals surface area contributed by atoms with Crippen molar-refractivity contribution in [2.24, 2.45) is 0 Å². The standard InChI is InChI=1S/C6H15O4P.Ni/c1-2-3-4-5-6-10-11(7,8)9;/h2-6H2,1H3,(H2,7,8,9);.